The number of halogens is 2. The minimum absolute atomic E-state index is 0.0933. The molecule has 0 radical (unpaired) electrons. The van der Waals surface area contributed by atoms with Crippen LogP contribution in [0.1, 0.15) is 10.4 Å². The molecule has 0 aliphatic carbocycles. The lowest BCUT2D eigenvalue weighted by Crippen LogP contribution is -1.98. The summed E-state index contributed by atoms with van der Waals surface area (Å²) in [5.74, 6) is -1.72. The van der Waals surface area contributed by atoms with E-state index in [1.807, 2.05) is 0 Å². The summed E-state index contributed by atoms with van der Waals surface area (Å²) in [7, 11) is 0. The van der Waals surface area contributed by atoms with Crippen molar-refractivity contribution in [3.05, 3.63) is 52.1 Å². The standard InChI is InChI=1S/C15H9Cl2NO4/c16-7-5-10(17)14(20)12(6-7)18-4-3-8-11(18)2-1-9(13(8)19)15(21)22/h1-6,19-20H,(H,21,22). The van der Waals surface area contributed by atoms with Crippen molar-refractivity contribution < 1.29 is 20.1 Å². The number of phenolic OH excluding ortho intramolecular Hbond substituents is 1. The molecule has 1 heterocycles. The van der Waals surface area contributed by atoms with Crippen molar-refractivity contribution >= 4 is 40.1 Å². The van der Waals surface area contributed by atoms with Gasteiger partial charge in [-0.1, -0.05) is 23.2 Å². The fourth-order valence-corrected chi connectivity index (χ4v) is 2.80. The second kappa shape index (κ2) is 5.12. The number of hydrogen-bond acceptors (Lipinski definition) is 3. The number of nitrogens with zero attached hydrogens (tertiary/aromatic N) is 1. The number of rotatable bonds is 2. The van der Waals surface area contributed by atoms with E-state index in [1.54, 1.807) is 16.8 Å². The summed E-state index contributed by atoms with van der Waals surface area (Å²) in [4.78, 5) is 11.0. The van der Waals surface area contributed by atoms with Crippen molar-refractivity contribution in [1.82, 2.24) is 4.57 Å². The average Bonchev–Trinajstić information content (AvgIpc) is 2.87. The van der Waals surface area contributed by atoms with Gasteiger partial charge in [0.1, 0.15) is 11.3 Å². The molecule has 0 saturated heterocycles. The zero-order chi connectivity index (χ0) is 16.0. The van der Waals surface area contributed by atoms with Crippen molar-refractivity contribution in [3.8, 4) is 17.2 Å². The van der Waals surface area contributed by atoms with E-state index in [-0.39, 0.29) is 22.1 Å². The monoisotopic (exact) mass is 337 g/mol. The molecule has 3 N–H and O–H groups in total. The first kappa shape index (κ1) is 14.6. The molecule has 5 nitrogen and oxygen atoms in total. The van der Waals surface area contributed by atoms with Crippen LogP contribution in [0.2, 0.25) is 10.0 Å². The fraction of sp³-hybridized carbons (Fsp3) is 0. The number of aromatic carboxylic acids is 1. The second-order valence-electron chi connectivity index (χ2n) is 4.64. The molecule has 3 rings (SSSR count). The number of carboxylic acid groups (broad SMARTS) is 1. The van der Waals surface area contributed by atoms with E-state index in [9.17, 15) is 15.0 Å². The van der Waals surface area contributed by atoms with Crippen LogP contribution in [0.4, 0.5) is 0 Å². The van der Waals surface area contributed by atoms with Crippen LogP contribution in [-0.4, -0.2) is 25.9 Å². The van der Waals surface area contributed by atoms with Gasteiger partial charge in [0.05, 0.1) is 16.2 Å². The number of fused-ring (bicyclic) bond motifs is 1. The molecule has 7 heteroatoms. The molecule has 0 fully saturated rings. The second-order valence-corrected chi connectivity index (χ2v) is 5.48. The third kappa shape index (κ3) is 2.15. The van der Waals surface area contributed by atoms with E-state index in [1.165, 1.54) is 24.3 Å². The Bertz CT molecular complexity index is 918. The third-order valence-corrected chi connectivity index (χ3v) is 3.85. The first-order valence-corrected chi connectivity index (χ1v) is 6.90. The maximum absolute atomic E-state index is 11.0. The molecular formula is C15H9Cl2NO4. The number of benzene rings is 2. The summed E-state index contributed by atoms with van der Waals surface area (Å²) >= 11 is 11.9. The van der Waals surface area contributed by atoms with Crippen molar-refractivity contribution in [1.29, 1.82) is 0 Å². The summed E-state index contributed by atoms with van der Waals surface area (Å²) < 4.78 is 1.56. The van der Waals surface area contributed by atoms with Gasteiger partial charge in [-0.3, -0.25) is 0 Å². The Morgan fingerprint density at radius 1 is 1.05 bits per heavy atom. The predicted octanol–water partition coefficient (Wildman–Crippen LogP) is 4.05. The van der Waals surface area contributed by atoms with E-state index >= 15 is 0 Å². The maximum Gasteiger partial charge on any atom is 0.339 e. The van der Waals surface area contributed by atoms with Gasteiger partial charge in [-0.05, 0) is 30.3 Å². The number of carbonyl (C=O) groups is 1. The molecule has 0 bridgehead atoms. The molecule has 0 spiro atoms. The highest BCUT2D eigenvalue weighted by molar-refractivity contribution is 6.36. The lowest BCUT2D eigenvalue weighted by molar-refractivity contribution is 0.0694. The molecule has 1 aromatic heterocycles. The molecule has 0 saturated carbocycles. The van der Waals surface area contributed by atoms with E-state index in [4.69, 9.17) is 28.3 Å². The van der Waals surface area contributed by atoms with Crippen LogP contribution < -0.4 is 0 Å². The van der Waals surface area contributed by atoms with E-state index in [0.717, 1.165) is 0 Å². The molecule has 0 amide bonds. The Hall–Kier alpha value is -2.37. The van der Waals surface area contributed by atoms with Crippen LogP contribution in [0.3, 0.4) is 0 Å². The summed E-state index contributed by atoms with van der Waals surface area (Å²) in [5.41, 5.74) is 0.643. The largest absolute Gasteiger partial charge is 0.506 e. The Morgan fingerprint density at radius 3 is 2.45 bits per heavy atom. The van der Waals surface area contributed by atoms with Crippen LogP contribution >= 0.6 is 23.2 Å². The molecule has 0 atom stereocenters. The van der Waals surface area contributed by atoms with E-state index in [2.05, 4.69) is 0 Å². The maximum atomic E-state index is 11.0. The van der Waals surface area contributed by atoms with Crippen LogP contribution in [0.25, 0.3) is 16.6 Å². The highest BCUT2D eigenvalue weighted by Crippen LogP contribution is 2.37. The molecule has 0 unspecified atom stereocenters. The van der Waals surface area contributed by atoms with Gasteiger partial charge in [-0.2, -0.15) is 0 Å². The van der Waals surface area contributed by atoms with Crippen molar-refractivity contribution in [2.75, 3.05) is 0 Å². The van der Waals surface area contributed by atoms with Crippen LogP contribution in [0.15, 0.2) is 36.5 Å². The lowest BCUT2D eigenvalue weighted by Gasteiger charge is -2.10. The first-order valence-electron chi connectivity index (χ1n) is 6.15. The molecule has 2 aromatic carbocycles. The molecule has 112 valence electrons. The predicted molar refractivity (Wildman–Crippen MR) is 83.6 cm³/mol. The van der Waals surface area contributed by atoms with Crippen LogP contribution in [0.5, 0.6) is 11.5 Å². The van der Waals surface area contributed by atoms with Gasteiger partial charge >= 0.3 is 5.97 Å². The Kier molecular flexibility index (Phi) is 3.39. The topological polar surface area (TPSA) is 82.7 Å². The Balaban J connectivity index is 2.31. The zero-order valence-corrected chi connectivity index (χ0v) is 12.4. The average molecular weight is 338 g/mol. The SMILES string of the molecule is O=C(O)c1ccc2c(ccn2-c2cc(Cl)cc(Cl)c2O)c1O. The number of carboxylic acids is 1. The van der Waals surface area contributed by atoms with Crippen LogP contribution in [-0.2, 0) is 0 Å². The molecule has 0 aliphatic heterocycles. The Morgan fingerprint density at radius 2 is 1.77 bits per heavy atom. The number of aromatic hydroxyl groups is 2. The highest BCUT2D eigenvalue weighted by atomic mass is 35.5. The summed E-state index contributed by atoms with van der Waals surface area (Å²) in [6.07, 6.45) is 1.58. The smallest absolute Gasteiger partial charge is 0.339 e. The molecule has 22 heavy (non-hydrogen) atoms. The van der Waals surface area contributed by atoms with Gasteiger partial charge < -0.3 is 19.9 Å². The number of aromatic nitrogens is 1. The molecular weight excluding hydrogens is 329 g/mol. The fourth-order valence-electron chi connectivity index (χ4n) is 2.32. The Labute approximate surface area is 134 Å². The first-order chi connectivity index (χ1) is 10.4. The van der Waals surface area contributed by atoms with Crippen molar-refractivity contribution in [3.63, 3.8) is 0 Å². The van der Waals surface area contributed by atoms with Gasteiger partial charge in [0.15, 0.2) is 5.75 Å². The molecule has 3 aromatic rings. The van der Waals surface area contributed by atoms with Gasteiger partial charge in [0, 0.05) is 16.6 Å². The minimum atomic E-state index is -1.22. The van der Waals surface area contributed by atoms with E-state index in [0.29, 0.717) is 21.6 Å². The normalized spacial score (nSPS) is 11.0. The van der Waals surface area contributed by atoms with Gasteiger partial charge in [-0.15, -0.1) is 0 Å². The highest BCUT2D eigenvalue weighted by Gasteiger charge is 2.17. The summed E-state index contributed by atoms with van der Waals surface area (Å²) in [5, 5.41) is 29.9. The van der Waals surface area contributed by atoms with Crippen LogP contribution in [0, 0.1) is 0 Å². The van der Waals surface area contributed by atoms with Crippen molar-refractivity contribution in [2.45, 2.75) is 0 Å². The summed E-state index contributed by atoms with van der Waals surface area (Å²) in [6.45, 7) is 0. The summed E-state index contributed by atoms with van der Waals surface area (Å²) in [6, 6.07) is 7.30. The molecule has 0 aliphatic rings. The quantitative estimate of drug-likeness (QED) is 0.658. The number of hydrogen-bond donors (Lipinski definition) is 3. The zero-order valence-electron chi connectivity index (χ0n) is 10.9. The number of phenols is 2. The van der Waals surface area contributed by atoms with Gasteiger partial charge in [-0.25, -0.2) is 4.79 Å². The third-order valence-electron chi connectivity index (χ3n) is 3.34. The minimum Gasteiger partial charge on any atom is -0.506 e. The van der Waals surface area contributed by atoms with Gasteiger partial charge in [0.25, 0.3) is 0 Å². The lowest BCUT2D eigenvalue weighted by atomic mass is 10.1. The van der Waals surface area contributed by atoms with Gasteiger partial charge in [0.2, 0.25) is 0 Å². The van der Waals surface area contributed by atoms with E-state index < -0.39 is 5.97 Å². The van der Waals surface area contributed by atoms with Crippen molar-refractivity contribution in [2.24, 2.45) is 0 Å².